The van der Waals surface area contributed by atoms with Gasteiger partial charge in [-0.2, -0.15) is 11.8 Å². The second kappa shape index (κ2) is 7.86. The molecule has 0 aromatic heterocycles. The van der Waals surface area contributed by atoms with Crippen LogP contribution in [0.2, 0.25) is 0 Å². The lowest BCUT2D eigenvalue weighted by molar-refractivity contribution is 0.193. The summed E-state index contributed by atoms with van der Waals surface area (Å²) in [7, 11) is 1.68. The Labute approximate surface area is 78.9 Å². The van der Waals surface area contributed by atoms with Gasteiger partial charge in [-0.25, -0.2) is 0 Å². The first kappa shape index (κ1) is 12.2. The van der Waals surface area contributed by atoms with E-state index in [1.54, 1.807) is 18.9 Å². The quantitative estimate of drug-likeness (QED) is 0.572. The molecule has 0 aliphatic rings. The van der Waals surface area contributed by atoms with Gasteiger partial charge in [0.05, 0.1) is 13.2 Å². The van der Waals surface area contributed by atoms with Gasteiger partial charge in [0, 0.05) is 24.9 Å². The normalized spacial score (nSPS) is 16.0. The third-order valence-corrected chi connectivity index (χ3v) is 2.98. The van der Waals surface area contributed by atoms with Crippen molar-refractivity contribution >= 4 is 11.8 Å². The second-order valence-electron chi connectivity index (χ2n) is 2.69. The Morgan fingerprint density at radius 2 is 2.25 bits per heavy atom. The lowest BCUT2D eigenvalue weighted by Gasteiger charge is -2.20. The van der Waals surface area contributed by atoms with Crippen LogP contribution in [0.5, 0.6) is 0 Å². The molecule has 0 amide bonds. The van der Waals surface area contributed by atoms with Crippen LogP contribution in [0.3, 0.4) is 0 Å². The van der Waals surface area contributed by atoms with Gasteiger partial charge in [0.1, 0.15) is 0 Å². The average molecular weight is 193 g/mol. The average Bonchev–Trinajstić information content (AvgIpc) is 2.07. The first-order valence-electron chi connectivity index (χ1n) is 4.12. The molecule has 12 heavy (non-hydrogen) atoms. The summed E-state index contributed by atoms with van der Waals surface area (Å²) in [5, 5.41) is 12.5. The Kier molecular flexibility index (Phi) is 8.01. The van der Waals surface area contributed by atoms with Gasteiger partial charge < -0.3 is 15.2 Å². The Bertz CT molecular complexity index is 99.1. The van der Waals surface area contributed by atoms with Gasteiger partial charge in [-0.05, 0) is 13.2 Å². The third kappa shape index (κ3) is 4.98. The fourth-order valence-electron chi connectivity index (χ4n) is 0.957. The van der Waals surface area contributed by atoms with Crippen LogP contribution < -0.4 is 5.32 Å². The molecular weight excluding hydrogens is 174 g/mol. The van der Waals surface area contributed by atoms with Crippen LogP contribution >= 0.6 is 11.8 Å². The predicted octanol–water partition coefficient (Wildman–Crippen LogP) is 0.335. The van der Waals surface area contributed by atoms with Crippen molar-refractivity contribution in [2.45, 2.75) is 18.2 Å². The zero-order valence-electron chi connectivity index (χ0n) is 8.04. The van der Waals surface area contributed by atoms with Crippen molar-refractivity contribution in [3.8, 4) is 0 Å². The van der Waals surface area contributed by atoms with Gasteiger partial charge in [-0.3, -0.25) is 0 Å². The number of methoxy groups -OCH3 is 1. The Balaban J connectivity index is 3.47. The molecule has 0 aromatic carbocycles. The van der Waals surface area contributed by atoms with Gasteiger partial charge in [-0.15, -0.1) is 0 Å². The highest BCUT2D eigenvalue weighted by Gasteiger charge is 2.13. The fourth-order valence-corrected chi connectivity index (χ4v) is 1.61. The molecule has 2 N–H and O–H groups in total. The van der Waals surface area contributed by atoms with Crippen LogP contribution in [0.25, 0.3) is 0 Å². The van der Waals surface area contributed by atoms with Crippen LogP contribution in [0, 0.1) is 0 Å². The maximum atomic E-state index is 8.96. The van der Waals surface area contributed by atoms with E-state index in [1.807, 2.05) is 6.26 Å². The Morgan fingerprint density at radius 1 is 1.58 bits per heavy atom. The highest BCUT2D eigenvalue weighted by atomic mass is 32.2. The number of thioether (sulfide) groups is 1. The third-order valence-electron chi connectivity index (χ3n) is 1.81. The maximum absolute atomic E-state index is 8.96. The monoisotopic (exact) mass is 193 g/mol. The van der Waals surface area contributed by atoms with E-state index in [9.17, 15) is 0 Å². The van der Waals surface area contributed by atoms with Gasteiger partial charge in [0.2, 0.25) is 0 Å². The molecule has 74 valence electrons. The topological polar surface area (TPSA) is 41.5 Å². The molecule has 0 saturated carbocycles. The summed E-state index contributed by atoms with van der Waals surface area (Å²) >= 11 is 1.68. The number of ether oxygens (including phenoxy) is 1. The van der Waals surface area contributed by atoms with Crippen molar-refractivity contribution in [2.24, 2.45) is 0 Å². The number of hydrogen-bond donors (Lipinski definition) is 2. The summed E-state index contributed by atoms with van der Waals surface area (Å²) in [5.74, 6) is 0. The van der Waals surface area contributed by atoms with Crippen LogP contribution in [-0.4, -0.2) is 49.5 Å². The van der Waals surface area contributed by atoms with Crippen LogP contribution in [0.4, 0.5) is 0 Å². The number of rotatable bonds is 7. The summed E-state index contributed by atoms with van der Waals surface area (Å²) < 4.78 is 4.91. The number of aliphatic hydroxyl groups is 1. The van der Waals surface area contributed by atoms with Crippen LogP contribution in [0.1, 0.15) is 6.92 Å². The standard InChI is InChI=1S/C8H19NO2S/c1-7(8(6-10)12-3)9-4-5-11-2/h7-10H,4-6H2,1-3H3. The van der Waals surface area contributed by atoms with E-state index in [1.165, 1.54) is 0 Å². The van der Waals surface area contributed by atoms with Gasteiger partial charge >= 0.3 is 0 Å². The smallest absolute Gasteiger partial charge is 0.0587 e. The molecule has 0 aromatic rings. The minimum Gasteiger partial charge on any atom is -0.395 e. The van der Waals surface area contributed by atoms with Crippen molar-refractivity contribution < 1.29 is 9.84 Å². The predicted molar refractivity (Wildman–Crippen MR) is 53.7 cm³/mol. The van der Waals surface area contributed by atoms with Gasteiger partial charge in [0.25, 0.3) is 0 Å². The number of nitrogens with one attached hydrogen (secondary N) is 1. The molecule has 0 fully saturated rings. The SMILES string of the molecule is COCCNC(C)C(CO)SC. The van der Waals surface area contributed by atoms with E-state index in [4.69, 9.17) is 9.84 Å². The fraction of sp³-hybridized carbons (Fsp3) is 1.00. The summed E-state index contributed by atoms with van der Waals surface area (Å²) in [6.45, 7) is 3.86. The molecule has 0 saturated heterocycles. The molecule has 0 aliphatic heterocycles. The molecule has 3 nitrogen and oxygen atoms in total. The molecule has 0 spiro atoms. The van der Waals surface area contributed by atoms with E-state index in [2.05, 4.69) is 12.2 Å². The van der Waals surface area contributed by atoms with Crippen LogP contribution in [-0.2, 0) is 4.74 Å². The van der Waals surface area contributed by atoms with Crippen molar-refractivity contribution in [1.82, 2.24) is 5.32 Å². The first-order chi connectivity index (χ1) is 5.76. The largest absolute Gasteiger partial charge is 0.395 e. The minimum absolute atomic E-state index is 0.225. The second-order valence-corrected chi connectivity index (χ2v) is 3.77. The lowest BCUT2D eigenvalue weighted by Crippen LogP contribution is -2.39. The molecule has 0 aliphatic carbocycles. The Hall–Kier alpha value is 0.230. The van der Waals surface area contributed by atoms with E-state index in [0.29, 0.717) is 6.04 Å². The molecule has 4 heteroatoms. The Morgan fingerprint density at radius 3 is 2.67 bits per heavy atom. The van der Waals surface area contributed by atoms with Crippen molar-refractivity contribution in [3.63, 3.8) is 0 Å². The van der Waals surface area contributed by atoms with Gasteiger partial charge in [-0.1, -0.05) is 0 Å². The first-order valence-corrected chi connectivity index (χ1v) is 5.41. The molecule has 0 radical (unpaired) electrons. The highest BCUT2D eigenvalue weighted by molar-refractivity contribution is 7.99. The number of hydrogen-bond acceptors (Lipinski definition) is 4. The zero-order chi connectivity index (χ0) is 9.40. The van der Waals surface area contributed by atoms with E-state index >= 15 is 0 Å². The summed E-state index contributed by atoms with van der Waals surface area (Å²) in [6, 6.07) is 0.333. The zero-order valence-corrected chi connectivity index (χ0v) is 8.86. The van der Waals surface area contributed by atoms with E-state index in [0.717, 1.165) is 13.2 Å². The molecule has 2 atom stereocenters. The van der Waals surface area contributed by atoms with E-state index < -0.39 is 0 Å². The maximum Gasteiger partial charge on any atom is 0.0587 e. The lowest BCUT2D eigenvalue weighted by atomic mass is 10.2. The summed E-state index contributed by atoms with van der Waals surface area (Å²) in [4.78, 5) is 0. The minimum atomic E-state index is 0.225. The summed E-state index contributed by atoms with van der Waals surface area (Å²) in [6.07, 6.45) is 2.01. The van der Waals surface area contributed by atoms with Crippen molar-refractivity contribution in [2.75, 3.05) is 33.1 Å². The molecule has 2 unspecified atom stereocenters. The van der Waals surface area contributed by atoms with Crippen molar-refractivity contribution in [1.29, 1.82) is 0 Å². The molecule has 0 rings (SSSR count). The van der Waals surface area contributed by atoms with E-state index in [-0.39, 0.29) is 11.9 Å². The number of aliphatic hydroxyl groups excluding tert-OH is 1. The highest BCUT2D eigenvalue weighted by Crippen LogP contribution is 2.09. The molecular formula is C8H19NO2S. The van der Waals surface area contributed by atoms with Crippen molar-refractivity contribution in [3.05, 3.63) is 0 Å². The van der Waals surface area contributed by atoms with Gasteiger partial charge in [0.15, 0.2) is 0 Å². The van der Waals surface area contributed by atoms with Crippen LogP contribution in [0.15, 0.2) is 0 Å². The summed E-state index contributed by atoms with van der Waals surface area (Å²) in [5.41, 5.74) is 0. The molecule has 0 bridgehead atoms. The molecule has 0 heterocycles.